The van der Waals surface area contributed by atoms with Crippen molar-refractivity contribution in [1.82, 2.24) is 4.48 Å². The number of likely N-dealkylation sites (tertiary alicyclic amines) is 1. The number of carbonyl (C=O) groups is 1. The summed E-state index contributed by atoms with van der Waals surface area (Å²) in [5.74, 6) is -0.688. The Morgan fingerprint density at radius 3 is 2.29 bits per heavy atom. The first-order valence-corrected chi connectivity index (χ1v) is 7.41. The minimum atomic E-state index is -0.688. The Bertz CT molecular complexity index is 612. The van der Waals surface area contributed by atoms with E-state index in [1.807, 2.05) is 36.4 Å². The zero-order chi connectivity index (χ0) is 14.7. The Morgan fingerprint density at radius 1 is 1.05 bits per heavy atom. The van der Waals surface area contributed by atoms with E-state index in [0.29, 0.717) is 4.48 Å². The Balaban J connectivity index is 2.05. The average molecular weight is 282 g/mol. The summed E-state index contributed by atoms with van der Waals surface area (Å²) in [5, 5.41) is 9.67. The van der Waals surface area contributed by atoms with Gasteiger partial charge in [-0.2, -0.15) is 0 Å². The van der Waals surface area contributed by atoms with Gasteiger partial charge in [0, 0.05) is 18.4 Å². The van der Waals surface area contributed by atoms with E-state index in [9.17, 15) is 9.90 Å². The number of aliphatic carboxylic acids is 1. The van der Waals surface area contributed by atoms with Gasteiger partial charge in [0.2, 0.25) is 0 Å². The van der Waals surface area contributed by atoms with E-state index >= 15 is 0 Å². The lowest BCUT2D eigenvalue weighted by molar-refractivity contribution is -0.142. The molecule has 21 heavy (non-hydrogen) atoms. The van der Waals surface area contributed by atoms with Gasteiger partial charge in [0.15, 0.2) is 6.04 Å². The molecule has 3 rings (SSSR count). The molecule has 1 saturated heterocycles. The van der Waals surface area contributed by atoms with Crippen LogP contribution in [0, 0.1) is 0 Å². The molecule has 2 aromatic carbocycles. The van der Waals surface area contributed by atoms with Crippen LogP contribution < -0.4 is 4.48 Å². The van der Waals surface area contributed by atoms with E-state index in [4.69, 9.17) is 0 Å². The topological polar surface area (TPSA) is 37.3 Å². The monoisotopic (exact) mass is 282 g/mol. The molecule has 3 heteroatoms. The zero-order valence-corrected chi connectivity index (χ0v) is 12.0. The average Bonchev–Trinajstić information content (AvgIpc) is 2.94. The van der Waals surface area contributed by atoms with E-state index in [0.717, 1.165) is 31.6 Å². The first-order valence-electron chi connectivity index (χ1n) is 7.41. The van der Waals surface area contributed by atoms with Crippen LogP contribution in [0.1, 0.15) is 18.4 Å². The molecule has 0 radical (unpaired) electrons. The maximum Gasteiger partial charge on any atom is 0.362 e. The maximum absolute atomic E-state index is 11.8. The number of benzene rings is 2. The van der Waals surface area contributed by atoms with Crippen molar-refractivity contribution in [2.75, 3.05) is 6.54 Å². The van der Waals surface area contributed by atoms with Gasteiger partial charge < -0.3 is 5.11 Å². The molecule has 1 N–H and O–H groups in total. The summed E-state index contributed by atoms with van der Waals surface area (Å²) in [4.78, 5) is 11.8. The molecule has 2 aromatic rings. The summed E-state index contributed by atoms with van der Waals surface area (Å²) < 4.78 is 0.528. The molecule has 1 fully saturated rings. The highest BCUT2D eigenvalue weighted by atomic mass is 16.4. The molecule has 0 amide bonds. The largest absolute Gasteiger partial charge is 0.477 e. The van der Waals surface area contributed by atoms with Crippen molar-refractivity contribution >= 4 is 11.7 Å². The fourth-order valence-corrected chi connectivity index (χ4v) is 3.53. The van der Waals surface area contributed by atoms with Crippen LogP contribution in [0.5, 0.6) is 0 Å². The molecule has 0 spiro atoms. The standard InChI is InChI=1S/C18H19NO2/c20-18(21)17-12-7-13-19(17,16-10-5-2-6-11-16)14-15-8-3-1-4-9-15/h1-6,8-11,17H,7,12-14H2/p+1/t17?,19-/m1/s1. The van der Waals surface area contributed by atoms with Crippen LogP contribution in [0.15, 0.2) is 60.7 Å². The molecule has 0 bridgehead atoms. The Kier molecular flexibility index (Phi) is 3.76. The van der Waals surface area contributed by atoms with E-state index in [-0.39, 0.29) is 6.04 Å². The van der Waals surface area contributed by atoms with Gasteiger partial charge in [0.25, 0.3) is 0 Å². The lowest BCUT2D eigenvalue weighted by atomic mass is 10.1. The molecule has 0 aliphatic carbocycles. The van der Waals surface area contributed by atoms with Gasteiger partial charge in [-0.25, -0.2) is 4.79 Å². The SMILES string of the molecule is O=C(O)C1CCC[N@@+]1(Cc1ccccc1)c1ccccc1. The second-order valence-corrected chi connectivity index (χ2v) is 5.73. The molecular weight excluding hydrogens is 262 g/mol. The summed E-state index contributed by atoms with van der Waals surface area (Å²) in [6, 6.07) is 19.9. The molecule has 2 atom stereocenters. The Hall–Kier alpha value is -2.13. The van der Waals surface area contributed by atoms with Crippen molar-refractivity contribution in [3.05, 3.63) is 66.2 Å². The van der Waals surface area contributed by atoms with Crippen LogP contribution in [0.2, 0.25) is 0 Å². The van der Waals surface area contributed by atoms with Crippen LogP contribution in [-0.2, 0) is 11.3 Å². The lowest BCUT2D eigenvalue weighted by Crippen LogP contribution is -2.55. The van der Waals surface area contributed by atoms with Crippen LogP contribution in [0.25, 0.3) is 0 Å². The maximum atomic E-state index is 11.8. The van der Waals surface area contributed by atoms with E-state index in [1.54, 1.807) is 0 Å². The smallest absolute Gasteiger partial charge is 0.362 e. The van der Waals surface area contributed by atoms with Crippen molar-refractivity contribution < 1.29 is 9.90 Å². The van der Waals surface area contributed by atoms with Gasteiger partial charge in [0.05, 0.1) is 6.54 Å². The molecule has 0 saturated carbocycles. The van der Waals surface area contributed by atoms with Gasteiger partial charge in [0.1, 0.15) is 12.2 Å². The molecule has 1 aliphatic heterocycles. The van der Waals surface area contributed by atoms with Gasteiger partial charge in [-0.15, -0.1) is 0 Å². The van der Waals surface area contributed by atoms with Crippen LogP contribution in [0.4, 0.5) is 5.69 Å². The normalized spacial score (nSPS) is 24.9. The molecule has 1 aliphatic rings. The van der Waals surface area contributed by atoms with E-state index in [1.165, 1.54) is 5.56 Å². The third-order valence-corrected chi connectivity index (χ3v) is 4.49. The molecule has 0 aromatic heterocycles. The Labute approximate surface area is 125 Å². The summed E-state index contributed by atoms with van der Waals surface area (Å²) >= 11 is 0. The molecule has 1 heterocycles. The van der Waals surface area contributed by atoms with Crippen molar-refractivity contribution in [1.29, 1.82) is 0 Å². The zero-order valence-electron chi connectivity index (χ0n) is 12.0. The summed E-state index contributed by atoms with van der Waals surface area (Å²) in [7, 11) is 0. The number of rotatable bonds is 4. The Morgan fingerprint density at radius 2 is 1.67 bits per heavy atom. The van der Waals surface area contributed by atoms with E-state index in [2.05, 4.69) is 24.3 Å². The summed E-state index contributed by atoms with van der Waals surface area (Å²) in [6.07, 6.45) is 1.70. The predicted octanol–water partition coefficient (Wildman–Crippen LogP) is 3.44. The van der Waals surface area contributed by atoms with Gasteiger partial charge in [-0.3, -0.25) is 4.48 Å². The predicted molar refractivity (Wildman–Crippen MR) is 83.9 cm³/mol. The van der Waals surface area contributed by atoms with Crippen molar-refractivity contribution in [2.24, 2.45) is 0 Å². The number of hydrogen-bond donors (Lipinski definition) is 1. The van der Waals surface area contributed by atoms with Gasteiger partial charge >= 0.3 is 5.97 Å². The number of nitrogens with zero attached hydrogens (tertiary/aromatic N) is 1. The third kappa shape index (κ3) is 2.57. The third-order valence-electron chi connectivity index (χ3n) is 4.49. The number of para-hydroxylation sites is 1. The first kappa shape index (κ1) is 13.8. The van der Waals surface area contributed by atoms with Crippen molar-refractivity contribution in [3.63, 3.8) is 0 Å². The van der Waals surface area contributed by atoms with Crippen molar-refractivity contribution in [3.8, 4) is 0 Å². The van der Waals surface area contributed by atoms with Gasteiger partial charge in [-0.1, -0.05) is 48.5 Å². The summed E-state index contributed by atoms with van der Waals surface area (Å²) in [5.41, 5.74) is 2.29. The van der Waals surface area contributed by atoms with Gasteiger partial charge in [-0.05, 0) is 12.1 Å². The molecule has 3 nitrogen and oxygen atoms in total. The number of hydrogen-bond acceptors (Lipinski definition) is 1. The second kappa shape index (κ2) is 5.70. The molecule has 108 valence electrons. The van der Waals surface area contributed by atoms with Crippen molar-refractivity contribution in [2.45, 2.75) is 25.4 Å². The minimum Gasteiger partial charge on any atom is -0.477 e. The highest BCUT2D eigenvalue weighted by Crippen LogP contribution is 2.36. The fraction of sp³-hybridized carbons (Fsp3) is 0.278. The minimum absolute atomic E-state index is 0.354. The van der Waals surface area contributed by atoms with Crippen LogP contribution in [0.3, 0.4) is 0 Å². The number of carboxylic acid groups (broad SMARTS) is 1. The number of carboxylic acids is 1. The molecule has 1 unspecified atom stereocenters. The lowest BCUT2D eigenvalue weighted by Gasteiger charge is -2.38. The van der Waals surface area contributed by atoms with Crippen LogP contribution in [-0.4, -0.2) is 23.7 Å². The second-order valence-electron chi connectivity index (χ2n) is 5.73. The number of quaternary nitrogens is 1. The first-order chi connectivity index (χ1) is 10.2. The summed E-state index contributed by atoms with van der Waals surface area (Å²) in [6.45, 7) is 1.62. The fourth-order valence-electron chi connectivity index (χ4n) is 3.53. The van der Waals surface area contributed by atoms with E-state index < -0.39 is 5.97 Å². The molecular formula is C18H20NO2+. The highest BCUT2D eigenvalue weighted by Gasteiger charge is 2.48. The highest BCUT2D eigenvalue weighted by molar-refractivity contribution is 5.77. The van der Waals surface area contributed by atoms with Crippen LogP contribution >= 0.6 is 0 Å². The quantitative estimate of drug-likeness (QED) is 0.872.